The molecule has 2 heterocycles. The van der Waals surface area contributed by atoms with Crippen LogP contribution in [0.3, 0.4) is 0 Å². The maximum Gasteiger partial charge on any atom is 0.241 e. The molecule has 6 heteroatoms. The van der Waals surface area contributed by atoms with Crippen molar-refractivity contribution in [2.24, 2.45) is 0 Å². The van der Waals surface area contributed by atoms with Crippen LogP contribution in [0, 0.1) is 6.92 Å². The van der Waals surface area contributed by atoms with Gasteiger partial charge in [-0.3, -0.25) is 14.1 Å². The van der Waals surface area contributed by atoms with Gasteiger partial charge in [0.1, 0.15) is 11.9 Å². The number of hydrogen-bond acceptors (Lipinski definition) is 4. The van der Waals surface area contributed by atoms with Crippen molar-refractivity contribution in [2.75, 3.05) is 20.6 Å². The lowest BCUT2D eigenvalue weighted by molar-refractivity contribution is -0.125. The van der Waals surface area contributed by atoms with E-state index in [2.05, 4.69) is 21.6 Å². The number of aromatic nitrogens is 3. The number of nitrogens with one attached hydrogen (secondary N) is 1. The van der Waals surface area contributed by atoms with Gasteiger partial charge in [0.2, 0.25) is 5.91 Å². The van der Waals surface area contributed by atoms with Crippen molar-refractivity contribution < 1.29 is 4.79 Å². The number of fused-ring (bicyclic) bond motifs is 1. The summed E-state index contributed by atoms with van der Waals surface area (Å²) in [5.74, 6) is 0.935. The zero-order valence-corrected chi connectivity index (χ0v) is 15.5. The highest BCUT2D eigenvalue weighted by Crippen LogP contribution is 2.19. The maximum absolute atomic E-state index is 12.7. The second-order valence-corrected chi connectivity index (χ2v) is 6.72. The highest BCUT2D eigenvalue weighted by molar-refractivity contribution is 5.83. The first-order chi connectivity index (χ1) is 12.6. The summed E-state index contributed by atoms with van der Waals surface area (Å²) in [5.41, 5.74) is 3.01. The van der Waals surface area contributed by atoms with Crippen molar-refractivity contribution in [3.63, 3.8) is 0 Å². The van der Waals surface area contributed by atoms with Gasteiger partial charge < -0.3 is 5.32 Å². The summed E-state index contributed by atoms with van der Waals surface area (Å²) in [4.78, 5) is 14.6. The first kappa shape index (κ1) is 18.1. The zero-order chi connectivity index (χ0) is 18.5. The standard InChI is InChI=1S/C20H25N5O/c1-15-8-6-9-16(14-15)19(24(2)3)20(26)21-12-7-11-18-23-22-17-10-4-5-13-25(17)18/h4-6,8-10,13-14,19H,7,11-12H2,1-3H3,(H,21,26)/t19-/m0/s1. The molecule has 0 fully saturated rings. The van der Waals surface area contributed by atoms with Crippen molar-refractivity contribution in [3.05, 3.63) is 65.6 Å². The van der Waals surface area contributed by atoms with Crippen LogP contribution in [-0.4, -0.2) is 46.0 Å². The van der Waals surface area contributed by atoms with Crippen LogP contribution in [0.25, 0.3) is 5.65 Å². The second-order valence-electron chi connectivity index (χ2n) is 6.72. The summed E-state index contributed by atoms with van der Waals surface area (Å²) in [5, 5.41) is 11.4. The van der Waals surface area contributed by atoms with Crippen molar-refractivity contribution in [1.29, 1.82) is 0 Å². The predicted molar refractivity (Wildman–Crippen MR) is 102 cm³/mol. The fourth-order valence-corrected chi connectivity index (χ4v) is 3.14. The summed E-state index contributed by atoms with van der Waals surface area (Å²) < 4.78 is 1.98. The molecular weight excluding hydrogens is 326 g/mol. The fraction of sp³-hybridized carbons (Fsp3) is 0.350. The molecule has 26 heavy (non-hydrogen) atoms. The molecule has 0 unspecified atom stereocenters. The molecule has 0 saturated heterocycles. The number of carbonyl (C=O) groups is 1. The minimum Gasteiger partial charge on any atom is -0.354 e. The Labute approximate surface area is 153 Å². The van der Waals surface area contributed by atoms with E-state index in [1.54, 1.807) is 0 Å². The molecule has 136 valence electrons. The van der Waals surface area contributed by atoms with E-state index in [-0.39, 0.29) is 11.9 Å². The number of nitrogens with zero attached hydrogens (tertiary/aromatic N) is 4. The van der Waals surface area contributed by atoms with Crippen LogP contribution < -0.4 is 5.32 Å². The molecular formula is C20H25N5O. The van der Waals surface area contributed by atoms with Crippen LogP contribution in [0.1, 0.15) is 29.4 Å². The summed E-state index contributed by atoms with van der Waals surface area (Å²) in [6, 6.07) is 13.6. The molecule has 3 aromatic rings. The van der Waals surface area contributed by atoms with E-state index in [1.165, 1.54) is 0 Å². The van der Waals surface area contributed by atoms with Gasteiger partial charge in [0, 0.05) is 19.2 Å². The predicted octanol–water partition coefficient (Wildman–Crippen LogP) is 2.39. The van der Waals surface area contributed by atoms with E-state index in [0.29, 0.717) is 6.54 Å². The number of pyridine rings is 1. The Morgan fingerprint density at radius 2 is 2.04 bits per heavy atom. The van der Waals surface area contributed by atoms with Gasteiger partial charge in [0.15, 0.2) is 5.65 Å². The van der Waals surface area contributed by atoms with E-state index in [1.807, 2.05) is 72.9 Å². The molecule has 1 N–H and O–H groups in total. The SMILES string of the molecule is Cc1cccc([C@@H](C(=O)NCCCc2nnc3ccccn23)N(C)C)c1. The number of amides is 1. The van der Waals surface area contributed by atoms with Gasteiger partial charge in [0.05, 0.1) is 0 Å². The van der Waals surface area contributed by atoms with Crippen LogP contribution in [0.15, 0.2) is 48.7 Å². The van der Waals surface area contributed by atoms with Crippen LogP contribution >= 0.6 is 0 Å². The first-order valence-electron chi connectivity index (χ1n) is 8.85. The average molecular weight is 351 g/mol. The van der Waals surface area contributed by atoms with Gasteiger partial charge in [0.25, 0.3) is 0 Å². The lowest BCUT2D eigenvalue weighted by Gasteiger charge is -2.24. The van der Waals surface area contributed by atoms with Crippen molar-refractivity contribution in [3.8, 4) is 0 Å². The monoisotopic (exact) mass is 351 g/mol. The van der Waals surface area contributed by atoms with Crippen LogP contribution in [0.5, 0.6) is 0 Å². The molecule has 0 bridgehead atoms. The van der Waals surface area contributed by atoms with Gasteiger partial charge >= 0.3 is 0 Å². The first-order valence-corrected chi connectivity index (χ1v) is 8.85. The maximum atomic E-state index is 12.7. The van der Waals surface area contributed by atoms with E-state index in [4.69, 9.17) is 0 Å². The minimum absolute atomic E-state index is 0.0201. The summed E-state index contributed by atoms with van der Waals surface area (Å²) >= 11 is 0. The van der Waals surface area contributed by atoms with E-state index in [0.717, 1.165) is 35.4 Å². The number of aryl methyl sites for hydroxylation is 2. The molecule has 1 atom stereocenters. The number of hydrogen-bond donors (Lipinski definition) is 1. The van der Waals surface area contributed by atoms with E-state index in [9.17, 15) is 4.79 Å². The smallest absolute Gasteiger partial charge is 0.241 e. The van der Waals surface area contributed by atoms with Gasteiger partial charge in [-0.1, -0.05) is 35.9 Å². The Kier molecular flexibility index (Phi) is 5.63. The third-order valence-corrected chi connectivity index (χ3v) is 4.38. The second kappa shape index (κ2) is 8.10. The molecule has 0 aliphatic heterocycles. The van der Waals surface area contributed by atoms with Gasteiger partial charge in [-0.2, -0.15) is 0 Å². The zero-order valence-electron chi connectivity index (χ0n) is 15.5. The molecule has 0 radical (unpaired) electrons. The van der Waals surface area contributed by atoms with Crippen molar-refractivity contribution in [2.45, 2.75) is 25.8 Å². The topological polar surface area (TPSA) is 62.5 Å². The van der Waals surface area contributed by atoms with Crippen molar-refractivity contribution >= 4 is 11.6 Å². The summed E-state index contributed by atoms with van der Waals surface area (Å²) in [6.45, 7) is 2.65. The number of carbonyl (C=O) groups excluding carboxylic acids is 1. The molecule has 6 nitrogen and oxygen atoms in total. The third kappa shape index (κ3) is 4.08. The quantitative estimate of drug-likeness (QED) is 0.664. The fourth-order valence-electron chi connectivity index (χ4n) is 3.14. The summed E-state index contributed by atoms with van der Waals surface area (Å²) in [7, 11) is 3.85. The molecule has 3 rings (SSSR count). The van der Waals surface area contributed by atoms with Crippen LogP contribution in [-0.2, 0) is 11.2 Å². The Morgan fingerprint density at radius 3 is 2.81 bits per heavy atom. The van der Waals surface area contributed by atoms with E-state index < -0.39 is 0 Å². The Balaban J connectivity index is 1.57. The molecule has 0 saturated carbocycles. The largest absolute Gasteiger partial charge is 0.354 e. The number of likely N-dealkylation sites (N-methyl/N-ethyl adjacent to an activating group) is 1. The third-order valence-electron chi connectivity index (χ3n) is 4.38. The molecule has 0 aliphatic rings. The van der Waals surface area contributed by atoms with Crippen LogP contribution in [0.4, 0.5) is 0 Å². The Hall–Kier alpha value is -2.73. The van der Waals surface area contributed by atoms with Crippen LogP contribution in [0.2, 0.25) is 0 Å². The lowest BCUT2D eigenvalue weighted by Crippen LogP contribution is -2.37. The van der Waals surface area contributed by atoms with Crippen molar-refractivity contribution in [1.82, 2.24) is 24.8 Å². The molecule has 1 amide bonds. The van der Waals surface area contributed by atoms with Gasteiger partial charge in [-0.15, -0.1) is 10.2 Å². The highest BCUT2D eigenvalue weighted by Gasteiger charge is 2.22. The molecule has 0 spiro atoms. The highest BCUT2D eigenvalue weighted by atomic mass is 16.2. The van der Waals surface area contributed by atoms with E-state index >= 15 is 0 Å². The molecule has 0 aliphatic carbocycles. The molecule has 1 aromatic carbocycles. The Morgan fingerprint density at radius 1 is 1.19 bits per heavy atom. The van der Waals surface area contributed by atoms with Gasteiger partial charge in [-0.25, -0.2) is 0 Å². The minimum atomic E-state index is -0.288. The average Bonchev–Trinajstić information content (AvgIpc) is 3.02. The number of benzene rings is 1. The van der Waals surface area contributed by atoms with Gasteiger partial charge in [-0.05, 0) is 45.1 Å². The summed E-state index contributed by atoms with van der Waals surface area (Å²) in [6.07, 6.45) is 3.54. The number of rotatable bonds is 7. The normalized spacial score (nSPS) is 12.5. The lowest BCUT2D eigenvalue weighted by atomic mass is 10.0. The molecule has 2 aromatic heterocycles. The Bertz CT molecular complexity index is 887.